The third kappa shape index (κ3) is 5.94. The topological polar surface area (TPSA) is 46.3 Å². The van der Waals surface area contributed by atoms with Gasteiger partial charge in [-0.2, -0.15) is 0 Å². The van der Waals surface area contributed by atoms with Gasteiger partial charge in [0.05, 0.1) is 0 Å². The van der Waals surface area contributed by atoms with Gasteiger partial charge in [0.15, 0.2) is 0 Å². The number of carbonyl (C=O) groups excluding carboxylic acids is 1. The van der Waals surface area contributed by atoms with Crippen LogP contribution in [-0.4, -0.2) is 30.4 Å². The maximum absolute atomic E-state index is 12.3. The van der Waals surface area contributed by atoms with Crippen LogP contribution in [0.4, 0.5) is 0 Å². The quantitative estimate of drug-likeness (QED) is 0.771. The van der Waals surface area contributed by atoms with Crippen molar-refractivity contribution in [1.29, 1.82) is 0 Å². The predicted octanol–water partition coefficient (Wildman–Crippen LogP) is 3.04. The highest BCUT2D eigenvalue weighted by molar-refractivity contribution is 5.76. The summed E-state index contributed by atoms with van der Waals surface area (Å²) in [6.07, 6.45) is 6.68. The standard InChI is InChI=1S/C16H32N2O/c1-4-5-14-6-8-18(9-7-14)16(19)11-15(12-17)10-13(2)3/h13-15H,4-12,17H2,1-3H3/t15-/m0/s1. The number of piperidine rings is 1. The molecule has 0 aromatic carbocycles. The molecule has 3 heteroatoms. The molecule has 1 rings (SSSR count). The molecule has 1 amide bonds. The fourth-order valence-corrected chi connectivity index (χ4v) is 3.18. The summed E-state index contributed by atoms with van der Waals surface area (Å²) < 4.78 is 0. The van der Waals surface area contributed by atoms with Crippen LogP contribution < -0.4 is 5.73 Å². The molecule has 1 fully saturated rings. The van der Waals surface area contributed by atoms with Crippen LogP contribution in [0, 0.1) is 17.8 Å². The van der Waals surface area contributed by atoms with Gasteiger partial charge in [-0.25, -0.2) is 0 Å². The second-order valence-electron chi connectivity index (χ2n) is 6.55. The van der Waals surface area contributed by atoms with Gasteiger partial charge in [0.1, 0.15) is 0 Å². The molecular weight excluding hydrogens is 236 g/mol. The van der Waals surface area contributed by atoms with Crippen LogP contribution in [0.15, 0.2) is 0 Å². The van der Waals surface area contributed by atoms with Gasteiger partial charge in [-0.3, -0.25) is 4.79 Å². The lowest BCUT2D eigenvalue weighted by Crippen LogP contribution is -2.39. The van der Waals surface area contributed by atoms with E-state index in [4.69, 9.17) is 5.73 Å². The van der Waals surface area contributed by atoms with Crippen molar-refractivity contribution in [2.75, 3.05) is 19.6 Å². The number of nitrogens with two attached hydrogens (primary N) is 1. The second-order valence-corrected chi connectivity index (χ2v) is 6.55. The summed E-state index contributed by atoms with van der Waals surface area (Å²) in [4.78, 5) is 14.3. The zero-order valence-electron chi connectivity index (χ0n) is 13.0. The van der Waals surface area contributed by atoms with Crippen molar-refractivity contribution in [3.63, 3.8) is 0 Å². The average Bonchev–Trinajstić information content (AvgIpc) is 2.38. The van der Waals surface area contributed by atoms with Gasteiger partial charge in [0.25, 0.3) is 0 Å². The number of hydrogen-bond acceptors (Lipinski definition) is 2. The van der Waals surface area contributed by atoms with Gasteiger partial charge in [0, 0.05) is 19.5 Å². The van der Waals surface area contributed by atoms with Gasteiger partial charge >= 0.3 is 0 Å². The lowest BCUT2D eigenvalue weighted by Gasteiger charge is -2.33. The van der Waals surface area contributed by atoms with Gasteiger partial charge in [-0.05, 0) is 43.6 Å². The van der Waals surface area contributed by atoms with E-state index in [1.54, 1.807) is 0 Å². The second kappa shape index (κ2) is 8.57. The zero-order chi connectivity index (χ0) is 14.3. The zero-order valence-corrected chi connectivity index (χ0v) is 13.0. The van der Waals surface area contributed by atoms with E-state index in [1.165, 1.54) is 25.7 Å². The summed E-state index contributed by atoms with van der Waals surface area (Å²) in [5.74, 6) is 2.15. The van der Waals surface area contributed by atoms with Crippen LogP contribution >= 0.6 is 0 Å². The number of carbonyl (C=O) groups is 1. The average molecular weight is 268 g/mol. The highest BCUT2D eigenvalue weighted by atomic mass is 16.2. The molecule has 0 aromatic heterocycles. The number of nitrogens with zero attached hydrogens (tertiary/aromatic N) is 1. The van der Waals surface area contributed by atoms with Crippen LogP contribution in [0.3, 0.4) is 0 Å². The fourth-order valence-electron chi connectivity index (χ4n) is 3.18. The summed E-state index contributed by atoms with van der Waals surface area (Å²) in [6, 6.07) is 0. The lowest BCUT2D eigenvalue weighted by atomic mass is 9.91. The molecular formula is C16H32N2O. The Kier molecular flexibility index (Phi) is 7.44. The van der Waals surface area contributed by atoms with Gasteiger partial charge in [-0.15, -0.1) is 0 Å². The molecule has 0 aromatic rings. The Labute approximate surface area is 118 Å². The van der Waals surface area contributed by atoms with E-state index in [1.807, 2.05) is 0 Å². The third-order valence-electron chi connectivity index (χ3n) is 4.27. The van der Waals surface area contributed by atoms with E-state index < -0.39 is 0 Å². The van der Waals surface area contributed by atoms with E-state index in [-0.39, 0.29) is 0 Å². The molecule has 19 heavy (non-hydrogen) atoms. The van der Waals surface area contributed by atoms with Gasteiger partial charge < -0.3 is 10.6 Å². The molecule has 0 saturated carbocycles. The maximum atomic E-state index is 12.3. The summed E-state index contributed by atoms with van der Waals surface area (Å²) in [5.41, 5.74) is 5.79. The van der Waals surface area contributed by atoms with Crippen LogP contribution in [0.25, 0.3) is 0 Å². The predicted molar refractivity (Wildman–Crippen MR) is 80.8 cm³/mol. The fraction of sp³-hybridized carbons (Fsp3) is 0.938. The highest BCUT2D eigenvalue weighted by Crippen LogP contribution is 2.23. The van der Waals surface area contributed by atoms with Crippen molar-refractivity contribution < 1.29 is 4.79 Å². The highest BCUT2D eigenvalue weighted by Gasteiger charge is 2.24. The van der Waals surface area contributed by atoms with Crippen LogP contribution in [-0.2, 0) is 4.79 Å². The van der Waals surface area contributed by atoms with Crippen LogP contribution in [0.5, 0.6) is 0 Å². The van der Waals surface area contributed by atoms with E-state index in [0.29, 0.717) is 30.7 Å². The Bertz CT molecular complexity index is 257. The van der Waals surface area contributed by atoms with E-state index in [2.05, 4.69) is 25.7 Å². The molecule has 0 radical (unpaired) electrons. The molecule has 1 atom stereocenters. The third-order valence-corrected chi connectivity index (χ3v) is 4.27. The molecule has 1 saturated heterocycles. The monoisotopic (exact) mass is 268 g/mol. The molecule has 112 valence electrons. The number of rotatable bonds is 7. The number of amides is 1. The first-order valence-corrected chi connectivity index (χ1v) is 8.04. The molecule has 1 aliphatic heterocycles. The van der Waals surface area contributed by atoms with Gasteiger partial charge in [-0.1, -0.05) is 33.6 Å². The first-order chi connectivity index (χ1) is 9.06. The summed E-state index contributed by atoms with van der Waals surface area (Å²) in [6.45, 7) is 9.20. The van der Waals surface area contributed by atoms with E-state index in [0.717, 1.165) is 25.4 Å². The van der Waals surface area contributed by atoms with Gasteiger partial charge in [0.2, 0.25) is 5.91 Å². The molecule has 0 spiro atoms. The Morgan fingerprint density at radius 1 is 1.32 bits per heavy atom. The SMILES string of the molecule is CCCC1CCN(C(=O)C[C@@H](CN)CC(C)C)CC1. The Morgan fingerprint density at radius 2 is 1.95 bits per heavy atom. The van der Waals surface area contributed by atoms with Crippen molar-refractivity contribution in [2.45, 2.75) is 59.3 Å². The molecule has 1 aliphatic rings. The summed E-state index contributed by atoms with van der Waals surface area (Å²) in [7, 11) is 0. The first kappa shape index (κ1) is 16.5. The van der Waals surface area contributed by atoms with Crippen LogP contribution in [0.1, 0.15) is 59.3 Å². The van der Waals surface area contributed by atoms with Crippen molar-refractivity contribution in [2.24, 2.45) is 23.5 Å². The van der Waals surface area contributed by atoms with Crippen molar-refractivity contribution in [3.8, 4) is 0 Å². The minimum absolute atomic E-state index is 0.325. The molecule has 0 unspecified atom stereocenters. The Hall–Kier alpha value is -0.570. The summed E-state index contributed by atoms with van der Waals surface area (Å²) in [5, 5.41) is 0. The van der Waals surface area contributed by atoms with Crippen LogP contribution in [0.2, 0.25) is 0 Å². The van der Waals surface area contributed by atoms with Crippen molar-refractivity contribution in [3.05, 3.63) is 0 Å². The normalized spacial score (nSPS) is 18.9. The molecule has 0 aliphatic carbocycles. The smallest absolute Gasteiger partial charge is 0.222 e. The minimum atomic E-state index is 0.325. The summed E-state index contributed by atoms with van der Waals surface area (Å²) >= 11 is 0. The lowest BCUT2D eigenvalue weighted by molar-refractivity contribution is -0.133. The maximum Gasteiger partial charge on any atom is 0.222 e. The molecule has 3 nitrogen and oxygen atoms in total. The molecule has 0 bridgehead atoms. The molecule has 2 N–H and O–H groups in total. The first-order valence-electron chi connectivity index (χ1n) is 8.04. The van der Waals surface area contributed by atoms with Crippen molar-refractivity contribution >= 4 is 5.91 Å². The minimum Gasteiger partial charge on any atom is -0.343 e. The molecule has 1 heterocycles. The largest absolute Gasteiger partial charge is 0.343 e. The Morgan fingerprint density at radius 3 is 2.42 bits per heavy atom. The van der Waals surface area contributed by atoms with E-state index in [9.17, 15) is 4.79 Å². The number of likely N-dealkylation sites (tertiary alicyclic amines) is 1. The van der Waals surface area contributed by atoms with E-state index >= 15 is 0 Å². The number of hydrogen-bond donors (Lipinski definition) is 1. The van der Waals surface area contributed by atoms with Crippen molar-refractivity contribution in [1.82, 2.24) is 4.90 Å². The Balaban J connectivity index is 2.33.